The van der Waals surface area contributed by atoms with E-state index in [1.807, 2.05) is 20.8 Å². The van der Waals surface area contributed by atoms with Crippen molar-refractivity contribution in [2.45, 2.75) is 20.8 Å². The lowest BCUT2D eigenvalue weighted by Gasteiger charge is -1.87. The number of nitrogens with zero attached hydrogens (tertiary/aromatic N) is 1. The van der Waals surface area contributed by atoms with Crippen molar-refractivity contribution in [3.05, 3.63) is 22.5 Å². The average molecular weight is 134 g/mol. The van der Waals surface area contributed by atoms with Crippen LogP contribution in [0.15, 0.2) is 0 Å². The molecule has 1 rings (SSSR count). The first-order valence-corrected chi connectivity index (χ1v) is 3.22. The summed E-state index contributed by atoms with van der Waals surface area (Å²) in [7, 11) is 0. The van der Waals surface area contributed by atoms with Crippen molar-refractivity contribution < 1.29 is 0 Å². The molecule has 0 radical (unpaired) electrons. The highest BCUT2D eigenvalue weighted by molar-refractivity contribution is 5.40. The van der Waals surface area contributed by atoms with Gasteiger partial charge in [-0.2, -0.15) is 5.26 Å². The molecule has 1 aromatic rings. The Morgan fingerprint density at radius 2 is 1.80 bits per heavy atom. The molecule has 0 bridgehead atoms. The van der Waals surface area contributed by atoms with E-state index in [-0.39, 0.29) is 0 Å². The Balaban J connectivity index is 3.34. The summed E-state index contributed by atoms with van der Waals surface area (Å²) in [5.74, 6) is 0. The van der Waals surface area contributed by atoms with Gasteiger partial charge < -0.3 is 4.98 Å². The molecule has 2 nitrogen and oxygen atoms in total. The molecule has 1 N–H and O–H groups in total. The van der Waals surface area contributed by atoms with Crippen LogP contribution < -0.4 is 0 Å². The van der Waals surface area contributed by atoms with E-state index in [0.29, 0.717) is 5.69 Å². The molecule has 0 unspecified atom stereocenters. The molecule has 1 heterocycles. The van der Waals surface area contributed by atoms with Crippen molar-refractivity contribution in [3.8, 4) is 6.07 Å². The molecule has 0 atom stereocenters. The summed E-state index contributed by atoms with van der Waals surface area (Å²) in [6.07, 6.45) is 0. The van der Waals surface area contributed by atoms with Crippen LogP contribution in [0.4, 0.5) is 0 Å². The fraction of sp³-hybridized carbons (Fsp3) is 0.375. The second kappa shape index (κ2) is 2.18. The molecule has 0 aliphatic carbocycles. The maximum atomic E-state index is 8.57. The van der Waals surface area contributed by atoms with E-state index in [0.717, 1.165) is 11.3 Å². The SMILES string of the molecule is Cc1[nH]c(C#N)c(C)c1C. The first-order valence-electron chi connectivity index (χ1n) is 3.22. The molecule has 52 valence electrons. The van der Waals surface area contributed by atoms with Crippen LogP contribution in [-0.2, 0) is 0 Å². The molecule has 10 heavy (non-hydrogen) atoms. The van der Waals surface area contributed by atoms with Crippen molar-refractivity contribution in [1.29, 1.82) is 5.26 Å². The van der Waals surface area contributed by atoms with Gasteiger partial charge in [0.2, 0.25) is 0 Å². The first-order chi connectivity index (χ1) is 4.66. The van der Waals surface area contributed by atoms with E-state index in [9.17, 15) is 0 Å². The highest BCUT2D eigenvalue weighted by Crippen LogP contribution is 2.14. The van der Waals surface area contributed by atoms with Crippen molar-refractivity contribution in [3.63, 3.8) is 0 Å². The number of H-pyrrole nitrogens is 1. The zero-order valence-corrected chi connectivity index (χ0v) is 6.45. The fourth-order valence-corrected chi connectivity index (χ4v) is 0.956. The van der Waals surface area contributed by atoms with Gasteiger partial charge in [-0.25, -0.2) is 0 Å². The molecule has 0 saturated carbocycles. The maximum Gasteiger partial charge on any atom is 0.121 e. The molecule has 0 aliphatic heterocycles. The zero-order chi connectivity index (χ0) is 7.72. The standard InChI is InChI=1S/C8H10N2/c1-5-6(2)8(4-9)10-7(5)3/h10H,1-3H3. The number of aromatic nitrogens is 1. The van der Waals surface area contributed by atoms with Crippen molar-refractivity contribution in [1.82, 2.24) is 4.98 Å². The van der Waals surface area contributed by atoms with Crippen LogP contribution in [0.2, 0.25) is 0 Å². The molecule has 0 fully saturated rings. The fourth-order valence-electron chi connectivity index (χ4n) is 0.956. The summed E-state index contributed by atoms with van der Waals surface area (Å²) in [5, 5.41) is 8.57. The summed E-state index contributed by atoms with van der Waals surface area (Å²) in [6.45, 7) is 5.95. The van der Waals surface area contributed by atoms with Crippen molar-refractivity contribution in [2.24, 2.45) is 0 Å². The number of nitriles is 1. The monoisotopic (exact) mass is 134 g/mol. The largest absolute Gasteiger partial charge is 0.350 e. The summed E-state index contributed by atoms with van der Waals surface area (Å²) in [5.41, 5.74) is 4.04. The van der Waals surface area contributed by atoms with Crippen molar-refractivity contribution >= 4 is 0 Å². The summed E-state index contributed by atoms with van der Waals surface area (Å²) < 4.78 is 0. The molecule has 2 heteroatoms. The quantitative estimate of drug-likeness (QED) is 0.577. The lowest BCUT2D eigenvalue weighted by molar-refractivity contribution is 1.21. The average Bonchev–Trinajstić information content (AvgIpc) is 2.17. The van der Waals surface area contributed by atoms with E-state index in [1.54, 1.807) is 0 Å². The third-order valence-electron chi connectivity index (χ3n) is 1.92. The molecule has 0 spiro atoms. The topological polar surface area (TPSA) is 39.6 Å². The lowest BCUT2D eigenvalue weighted by atomic mass is 10.2. The van der Waals surface area contributed by atoms with Gasteiger partial charge in [-0.1, -0.05) is 0 Å². The lowest BCUT2D eigenvalue weighted by Crippen LogP contribution is -1.75. The molecule has 0 aliphatic rings. The first kappa shape index (κ1) is 6.88. The summed E-state index contributed by atoms with van der Waals surface area (Å²) >= 11 is 0. The third-order valence-corrected chi connectivity index (χ3v) is 1.92. The van der Waals surface area contributed by atoms with Crippen LogP contribution in [0.5, 0.6) is 0 Å². The van der Waals surface area contributed by atoms with Gasteiger partial charge >= 0.3 is 0 Å². The molecule has 1 aromatic heterocycles. The molecular formula is C8H10N2. The van der Waals surface area contributed by atoms with Crippen LogP contribution >= 0.6 is 0 Å². The molecular weight excluding hydrogens is 124 g/mol. The minimum Gasteiger partial charge on any atom is -0.350 e. The van der Waals surface area contributed by atoms with Gasteiger partial charge in [-0.15, -0.1) is 0 Å². The number of aromatic amines is 1. The van der Waals surface area contributed by atoms with Gasteiger partial charge in [0.1, 0.15) is 11.8 Å². The Kier molecular flexibility index (Phi) is 1.50. The van der Waals surface area contributed by atoms with Crippen LogP contribution in [-0.4, -0.2) is 4.98 Å². The van der Waals surface area contributed by atoms with Gasteiger partial charge in [-0.3, -0.25) is 0 Å². The number of rotatable bonds is 0. The Hall–Kier alpha value is -1.23. The van der Waals surface area contributed by atoms with Crippen LogP contribution in [0.3, 0.4) is 0 Å². The van der Waals surface area contributed by atoms with Gasteiger partial charge in [-0.05, 0) is 31.9 Å². The van der Waals surface area contributed by atoms with Crippen LogP contribution in [0, 0.1) is 32.1 Å². The van der Waals surface area contributed by atoms with Crippen LogP contribution in [0.25, 0.3) is 0 Å². The predicted octanol–water partition coefficient (Wildman–Crippen LogP) is 1.81. The second-order valence-corrected chi connectivity index (χ2v) is 2.49. The minimum absolute atomic E-state index is 0.690. The van der Waals surface area contributed by atoms with E-state index in [1.165, 1.54) is 5.56 Å². The smallest absolute Gasteiger partial charge is 0.121 e. The minimum atomic E-state index is 0.690. The Bertz CT molecular complexity index is 289. The van der Waals surface area contributed by atoms with E-state index < -0.39 is 0 Å². The molecule has 0 aromatic carbocycles. The van der Waals surface area contributed by atoms with E-state index >= 15 is 0 Å². The summed E-state index contributed by atoms with van der Waals surface area (Å²) in [4.78, 5) is 3.00. The maximum absolute atomic E-state index is 8.57. The number of aryl methyl sites for hydroxylation is 1. The van der Waals surface area contributed by atoms with E-state index in [2.05, 4.69) is 11.1 Å². The Labute approximate surface area is 60.5 Å². The van der Waals surface area contributed by atoms with Gasteiger partial charge in [0, 0.05) is 5.69 Å². The molecule has 0 saturated heterocycles. The predicted molar refractivity (Wildman–Crippen MR) is 39.7 cm³/mol. The summed E-state index contributed by atoms with van der Waals surface area (Å²) in [6, 6.07) is 2.10. The number of nitrogens with one attached hydrogen (secondary N) is 1. The highest BCUT2D eigenvalue weighted by Gasteiger charge is 2.04. The van der Waals surface area contributed by atoms with Crippen LogP contribution in [0.1, 0.15) is 22.5 Å². The van der Waals surface area contributed by atoms with Gasteiger partial charge in [0.25, 0.3) is 0 Å². The highest BCUT2D eigenvalue weighted by atomic mass is 14.7. The van der Waals surface area contributed by atoms with Crippen molar-refractivity contribution in [2.75, 3.05) is 0 Å². The normalized spacial score (nSPS) is 9.40. The van der Waals surface area contributed by atoms with E-state index in [4.69, 9.17) is 5.26 Å². The number of hydrogen-bond acceptors (Lipinski definition) is 1. The van der Waals surface area contributed by atoms with Gasteiger partial charge in [0.15, 0.2) is 0 Å². The Morgan fingerprint density at radius 3 is 2.00 bits per heavy atom. The van der Waals surface area contributed by atoms with Gasteiger partial charge in [0.05, 0.1) is 0 Å². The number of hydrogen-bond donors (Lipinski definition) is 1. The zero-order valence-electron chi connectivity index (χ0n) is 6.45. The molecule has 0 amide bonds. The third kappa shape index (κ3) is 0.801. The second-order valence-electron chi connectivity index (χ2n) is 2.49. The Morgan fingerprint density at radius 1 is 1.20 bits per heavy atom.